The molecule has 1 saturated carbocycles. The summed E-state index contributed by atoms with van der Waals surface area (Å²) in [5.41, 5.74) is -3.16. The molecule has 0 spiro atoms. The molecule has 1 aromatic carbocycles. The van der Waals surface area contributed by atoms with E-state index in [4.69, 9.17) is 9.47 Å². The first-order chi connectivity index (χ1) is 18.1. The molecule has 1 N–H and O–H groups in total. The van der Waals surface area contributed by atoms with Crippen molar-refractivity contribution in [2.24, 2.45) is 0 Å². The second kappa shape index (κ2) is 10.2. The van der Waals surface area contributed by atoms with Crippen LogP contribution in [0.3, 0.4) is 0 Å². The molecule has 1 aliphatic carbocycles. The molecule has 14 heteroatoms. The number of morpholine rings is 1. The zero-order valence-corrected chi connectivity index (χ0v) is 22.7. The number of nitrogens with zero attached hydrogens (tertiary/aromatic N) is 3. The summed E-state index contributed by atoms with van der Waals surface area (Å²) < 4.78 is 80.4. The summed E-state index contributed by atoms with van der Waals surface area (Å²) in [6.45, 7) is 5.61. The molecule has 2 atom stereocenters. The van der Waals surface area contributed by atoms with Gasteiger partial charge in [-0.1, -0.05) is 0 Å². The highest BCUT2D eigenvalue weighted by molar-refractivity contribution is 7.92. The molecule has 214 valence electrons. The third-order valence-electron chi connectivity index (χ3n) is 6.91. The Kier molecular flexibility index (Phi) is 7.54. The van der Waals surface area contributed by atoms with E-state index in [0.29, 0.717) is 39.1 Å². The first-order valence-corrected chi connectivity index (χ1v) is 14.1. The topological polar surface area (TPSA) is 129 Å². The predicted octanol–water partition coefficient (Wildman–Crippen LogP) is 2.87. The molecule has 0 bridgehead atoms. The van der Waals surface area contributed by atoms with Crippen LogP contribution in [0.1, 0.15) is 45.6 Å². The fraction of sp³-hybridized carbons (Fsp3) is 0.640. The number of hydrogen-bond donors (Lipinski definition) is 1. The number of nitriles is 1. The molecule has 4 rings (SSSR count). The minimum absolute atomic E-state index is 0.217. The summed E-state index contributed by atoms with van der Waals surface area (Å²) in [7, 11) is -4.67. The van der Waals surface area contributed by atoms with Crippen LogP contribution < -0.4 is 10.2 Å². The number of hydrogen-bond acceptors (Lipinski definition) is 8. The Hall–Kier alpha value is -3.05. The number of likely N-dealkylation sites (tertiary alicyclic amines) is 1. The minimum atomic E-state index is -4.98. The van der Waals surface area contributed by atoms with Crippen molar-refractivity contribution in [1.82, 2.24) is 10.2 Å². The summed E-state index contributed by atoms with van der Waals surface area (Å²) in [4.78, 5) is 27.7. The van der Waals surface area contributed by atoms with Crippen LogP contribution in [0.15, 0.2) is 23.1 Å². The van der Waals surface area contributed by atoms with Crippen LogP contribution in [0, 0.1) is 11.3 Å². The molecule has 10 nitrogen and oxygen atoms in total. The van der Waals surface area contributed by atoms with E-state index in [1.54, 1.807) is 25.7 Å². The van der Waals surface area contributed by atoms with Crippen LogP contribution in [-0.2, 0) is 30.3 Å². The third kappa shape index (κ3) is 6.24. The molecule has 2 saturated heterocycles. The standard InChI is InChI=1S/C25H31F3N4O6S/c1-23(2,3)38-22(34)32-14-17(13-19(32)21(33)30-24(15-29)6-7-24)39(35,36)20-5-4-16(12-18(20)25(26,27)28)31-8-10-37-11-9-31/h4-5,12,17,19H,6-11,13-14H2,1-3H3,(H,30,33)/t17-,19+/m1/s1. The van der Waals surface area contributed by atoms with Gasteiger partial charge in [0, 0.05) is 25.3 Å². The van der Waals surface area contributed by atoms with E-state index in [0.717, 1.165) is 17.0 Å². The van der Waals surface area contributed by atoms with Gasteiger partial charge < -0.3 is 19.7 Å². The fourth-order valence-electron chi connectivity index (χ4n) is 4.69. The molecular weight excluding hydrogens is 541 g/mol. The van der Waals surface area contributed by atoms with Crippen molar-refractivity contribution in [3.63, 3.8) is 0 Å². The molecule has 0 radical (unpaired) electrons. The normalized spacial score (nSPS) is 23.2. The summed E-state index contributed by atoms with van der Waals surface area (Å²) in [5.74, 6) is -0.753. The average Bonchev–Trinajstić information content (AvgIpc) is 3.47. The highest BCUT2D eigenvalue weighted by Gasteiger charge is 2.52. The van der Waals surface area contributed by atoms with Crippen LogP contribution in [0.2, 0.25) is 0 Å². The zero-order chi connectivity index (χ0) is 28.8. The van der Waals surface area contributed by atoms with E-state index in [2.05, 4.69) is 5.32 Å². The maximum absolute atomic E-state index is 14.2. The van der Waals surface area contributed by atoms with Crippen LogP contribution >= 0.6 is 0 Å². The fourth-order valence-corrected chi connectivity index (χ4v) is 6.58. The molecule has 39 heavy (non-hydrogen) atoms. The van der Waals surface area contributed by atoms with Crippen LogP contribution in [0.5, 0.6) is 0 Å². The van der Waals surface area contributed by atoms with Gasteiger partial charge in [-0.15, -0.1) is 0 Å². The van der Waals surface area contributed by atoms with Gasteiger partial charge in [-0.3, -0.25) is 9.69 Å². The van der Waals surface area contributed by atoms with Gasteiger partial charge in [-0.05, 0) is 58.2 Å². The average molecular weight is 573 g/mol. The minimum Gasteiger partial charge on any atom is -0.444 e. The second-order valence-corrected chi connectivity index (χ2v) is 13.2. The number of halogens is 3. The molecule has 2 heterocycles. The van der Waals surface area contributed by atoms with Gasteiger partial charge in [-0.25, -0.2) is 13.2 Å². The van der Waals surface area contributed by atoms with Gasteiger partial charge in [0.2, 0.25) is 5.91 Å². The van der Waals surface area contributed by atoms with Crippen LogP contribution in [0.4, 0.5) is 23.7 Å². The SMILES string of the molecule is CC(C)(C)OC(=O)N1C[C@H](S(=O)(=O)c2ccc(N3CCOCC3)cc2C(F)(F)F)C[C@H]1C(=O)NC1(C#N)CC1. The summed E-state index contributed by atoms with van der Waals surface area (Å²) in [6.07, 6.45) is -5.59. The number of amides is 2. The lowest BCUT2D eigenvalue weighted by atomic mass is 10.1. The van der Waals surface area contributed by atoms with E-state index >= 15 is 0 Å². The molecular formula is C25H31F3N4O6S. The van der Waals surface area contributed by atoms with Gasteiger partial charge in [0.1, 0.15) is 17.2 Å². The van der Waals surface area contributed by atoms with Crippen molar-refractivity contribution in [3.8, 4) is 6.07 Å². The third-order valence-corrected chi connectivity index (χ3v) is 9.10. The van der Waals surface area contributed by atoms with Crippen molar-refractivity contribution in [2.45, 2.75) is 73.5 Å². The number of carbonyl (C=O) groups excluding carboxylic acids is 2. The number of ether oxygens (including phenoxy) is 2. The lowest BCUT2D eigenvalue weighted by Gasteiger charge is -2.30. The quantitative estimate of drug-likeness (QED) is 0.571. The number of benzene rings is 1. The first kappa shape index (κ1) is 28.9. The van der Waals surface area contributed by atoms with Crippen molar-refractivity contribution in [1.29, 1.82) is 5.26 Å². The number of sulfone groups is 1. The van der Waals surface area contributed by atoms with Crippen molar-refractivity contribution >= 4 is 27.5 Å². The van der Waals surface area contributed by atoms with Crippen LogP contribution in [0.25, 0.3) is 0 Å². The lowest BCUT2D eigenvalue weighted by molar-refractivity contribution is -0.139. The molecule has 2 amide bonds. The Morgan fingerprint density at radius 3 is 2.36 bits per heavy atom. The molecule has 0 aromatic heterocycles. The highest BCUT2D eigenvalue weighted by Crippen LogP contribution is 2.40. The number of carbonyl (C=O) groups is 2. The van der Waals surface area contributed by atoms with Gasteiger partial charge in [0.25, 0.3) is 0 Å². The maximum atomic E-state index is 14.2. The number of anilines is 1. The van der Waals surface area contributed by atoms with Crippen molar-refractivity contribution < 1.29 is 40.7 Å². The van der Waals surface area contributed by atoms with Gasteiger partial charge in [0.05, 0.1) is 35.0 Å². The van der Waals surface area contributed by atoms with Crippen LogP contribution in [-0.4, -0.2) is 80.6 Å². The zero-order valence-electron chi connectivity index (χ0n) is 21.9. The highest BCUT2D eigenvalue weighted by atomic mass is 32.2. The Balaban J connectivity index is 1.67. The summed E-state index contributed by atoms with van der Waals surface area (Å²) >= 11 is 0. The first-order valence-electron chi connectivity index (χ1n) is 12.6. The molecule has 3 fully saturated rings. The Labute approximate surface area is 224 Å². The maximum Gasteiger partial charge on any atom is 0.417 e. The second-order valence-electron chi connectivity index (χ2n) is 11.0. The van der Waals surface area contributed by atoms with E-state index in [9.17, 15) is 36.4 Å². The molecule has 0 unspecified atom stereocenters. The van der Waals surface area contributed by atoms with Gasteiger partial charge in [0.15, 0.2) is 9.84 Å². The molecule has 1 aromatic rings. The Morgan fingerprint density at radius 2 is 1.82 bits per heavy atom. The number of alkyl halides is 3. The van der Waals surface area contributed by atoms with E-state index in [1.165, 1.54) is 6.07 Å². The lowest BCUT2D eigenvalue weighted by Crippen LogP contribution is -2.50. The summed E-state index contributed by atoms with van der Waals surface area (Å²) in [5, 5.41) is 10.4. The number of rotatable bonds is 5. The predicted molar refractivity (Wildman–Crippen MR) is 133 cm³/mol. The van der Waals surface area contributed by atoms with Gasteiger partial charge in [-0.2, -0.15) is 18.4 Å². The molecule has 3 aliphatic rings. The largest absolute Gasteiger partial charge is 0.444 e. The van der Waals surface area contributed by atoms with E-state index < -0.39 is 73.9 Å². The Morgan fingerprint density at radius 1 is 1.18 bits per heavy atom. The monoisotopic (exact) mass is 572 g/mol. The smallest absolute Gasteiger partial charge is 0.417 e. The summed E-state index contributed by atoms with van der Waals surface area (Å²) in [6, 6.07) is 3.72. The molecule has 2 aliphatic heterocycles. The van der Waals surface area contributed by atoms with E-state index in [-0.39, 0.29) is 5.69 Å². The van der Waals surface area contributed by atoms with E-state index in [1.807, 2.05) is 6.07 Å². The van der Waals surface area contributed by atoms with Crippen molar-refractivity contribution in [3.05, 3.63) is 23.8 Å². The van der Waals surface area contributed by atoms with Crippen molar-refractivity contribution in [2.75, 3.05) is 37.7 Å². The van der Waals surface area contributed by atoms with Gasteiger partial charge >= 0.3 is 12.3 Å². The Bertz CT molecular complexity index is 1280. The number of nitrogens with one attached hydrogen (secondary N) is 1.